The third-order valence-electron chi connectivity index (χ3n) is 5.16. The number of carbonyl (C=O) groups excluding carboxylic acids is 1. The number of benzene rings is 2. The van der Waals surface area contributed by atoms with Crippen LogP contribution in [0.1, 0.15) is 23.2 Å². The number of piperidine rings is 1. The van der Waals surface area contributed by atoms with Gasteiger partial charge in [-0.3, -0.25) is 9.89 Å². The van der Waals surface area contributed by atoms with E-state index < -0.39 is 5.82 Å². The smallest absolute Gasteiger partial charge is 0.254 e. The molecule has 4 rings (SSSR count). The number of ether oxygens (including phenoxy) is 1. The number of hydrogen-bond acceptors (Lipinski definition) is 4. The molecule has 0 bridgehead atoms. The monoisotopic (exact) mass is 394 g/mol. The number of methoxy groups -OCH3 is 1. The van der Waals surface area contributed by atoms with Gasteiger partial charge in [0.15, 0.2) is 5.82 Å². The first-order valence-corrected chi connectivity index (χ1v) is 9.64. The molecule has 1 aliphatic rings. The van der Waals surface area contributed by atoms with E-state index in [1.165, 1.54) is 12.1 Å². The van der Waals surface area contributed by atoms with Gasteiger partial charge in [-0.05, 0) is 54.8 Å². The molecule has 1 amide bonds. The Kier molecular flexibility index (Phi) is 5.46. The maximum Gasteiger partial charge on any atom is 0.254 e. The van der Waals surface area contributed by atoms with Crippen LogP contribution >= 0.6 is 0 Å². The van der Waals surface area contributed by atoms with Crippen LogP contribution in [0.3, 0.4) is 0 Å². The normalized spacial score (nSPS) is 16.5. The number of halogens is 1. The minimum absolute atomic E-state index is 0.0583. The summed E-state index contributed by atoms with van der Waals surface area (Å²) in [6, 6.07) is 15.7. The Hall–Kier alpha value is -3.35. The first kappa shape index (κ1) is 19.0. The van der Waals surface area contributed by atoms with Crippen LogP contribution < -0.4 is 15.0 Å². The van der Waals surface area contributed by atoms with Crippen molar-refractivity contribution < 1.29 is 13.9 Å². The minimum atomic E-state index is -0.505. The first-order valence-electron chi connectivity index (χ1n) is 9.64. The van der Waals surface area contributed by atoms with Crippen LogP contribution in [0.2, 0.25) is 0 Å². The van der Waals surface area contributed by atoms with Gasteiger partial charge in [-0.25, -0.2) is 4.39 Å². The molecule has 1 fully saturated rings. The summed E-state index contributed by atoms with van der Waals surface area (Å²) in [6.07, 6.45) is 1.78. The molecule has 1 saturated heterocycles. The van der Waals surface area contributed by atoms with E-state index in [0.717, 1.165) is 42.2 Å². The summed E-state index contributed by atoms with van der Waals surface area (Å²) in [5.74, 6) is 0.753. The molecule has 7 heteroatoms. The van der Waals surface area contributed by atoms with Crippen molar-refractivity contribution in [1.82, 2.24) is 15.5 Å². The molecule has 1 atom stereocenters. The van der Waals surface area contributed by atoms with Gasteiger partial charge >= 0.3 is 0 Å². The lowest BCUT2D eigenvalue weighted by atomic mass is 10.0. The number of amides is 1. The summed E-state index contributed by atoms with van der Waals surface area (Å²) in [5, 5.41) is 10.5. The third-order valence-corrected chi connectivity index (χ3v) is 5.16. The number of carbonyl (C=O) groups is 1. The summed E-state index contributed by atoms with van der Waals surface area (Å²) in [4.78, 5) is 14.6. The number of H-pyrrole nitrogens is 1. The number of aromatic nitrogens is 2. The predicted octanol–water partition coefficient (Wildman–Crippen LogP) is 3.62. The molecule has 0 aliphatic carbocycles. The number of aromatic amines is 1. The second-order valence-corrected chi connectivity index (χ2v) is 7.11. The highest BCUT2D eigenvalue weighted by Crippen LogP contribution is 2.25. The highest BCUT2D eigenvalue weighted by molar-refractivity contribution is 5.94. The van der Waals surface area contributed by atoms with E-state index in [0.29, 0.717) is 6.54 Å². The molecule has 150 valence electrons. The fraction of sp³-hybridized carbons (Fsp3) is 0.273. The van der Waals surface area contributed by atoms with E-state index in [1.807, 2.05) is 30.3 Å². The fourth-order valence-corrected chi connectivity index (χ4v) is 3.60. The van der Waals surface area contributed by atoms with Crippen molar-refractivity contribution in [3.05, 3.63) is 66.0 Å². The van der Waals surface area contributed by atoms with Crippen molar-refractivity contribution in [3.8, 4) is 17.0 Å². The molecule has 0 saturated carbocycles. The Morgan fingerprint density at radius 3 is 2.79 bits per heavy atom. The molecule has 2 aromatic carbocycles. The molecule has 0 spiro atoms. The molecular weight excluding hydrogens is 371 g/mol. The molecule has 3 aromatic rings. The molecular formula is C22H23FN4O2. The van der Waals surface area contributed by atoms with Crippen LogP contribution in [0.5, 0.6) is 5.75 Å². The Morgan fingerprint density at radius 2 is 2.03 bits per heavy atom. The van der Waals surface area contributed by atoms with E-state index in [4.69, 9.17) is 4.74 Å². The van der Waals surface area contributed by atoms with Gasteiger partial charge in [0.2, 0.25) is 0 Å². The number of nitrogens with zero attached hydrogens (tertiary/aromatic N) is 2. The highest BCUT2D eigenvalue weighted by atomic mass is 19.1. The lowest BCUT2D eigenvalue weighted by Crippen LogP contribution is -2.48. The van der Waals surface area contributed by atoms with Gasteiger partial charge in [0, 0.05) is 25.2 Å². The SMILES string of the molecule is COc1ccc(-c2cc(N3CCC[C@@H](NC(=O)c4ccccc4F)C3)n[nH]2)cc1. The van der Waals surface area contributed by atoms with Crippen LogP contribution in [-0.4, -0.2) is 42.3 Å². The Morgan fingerprint density at radius 1 is 1.24 bits per heavy atom. The van der Waals surface area contributed by atoms with Gasteiger partial charge in [-0.2, -0.15) is 5.10 Å². The summed E-state index contributed by atoms with van der Waals surface area (Å²) >= 11 is 0. The summed E-state index contributed by atoms with van der Waals surface area (Å²) in [7, 11) is 1.64. The number of anilines is 1. The van der Waals surface area contributed by atoms with Crippen LogP contribution in [0.4, 0.5) is 10.2 Å². The van der Waals surface area contributed by atoms with Gasteiger partial charge in [0.1, 0.15) is 11.6 Å². The van der Waals surface area contributed by atoms with Gasteiger partial charge < -0.3 is 15.0 Å². The Bertz CT molecular complexity index is 986. The molecule has 2 heterocycles. The average Bonchev–Trinajstić information content (AvgIpc) is 3.24. The Balaban J connectivity index is 1.43. The van der Waals surface area contributed by atoms with E-state index in [-0.39, 0.29) is 17.5 Å². The van der Waals surface area contributed by atoms with E-state index in [2.05, 4.69) is 20.4 Å². The second kappa shape index (κ2) is 8.34. The van der Waals surface area contributed by atoms with Crippen molar-refractivity contribution in [2.24, 2.45) is 0 Å². The van der Waals surface area contributed by atoms with Crippen LogP contribution in [0.15, 0.2) is 54.6 Å². The largest absolute Gasteiger partial charge is 0.497 e. The van der Waals surface area contributed by atoms with Gasteiger partial charge in [-0.15, -0.1) is 0 Å². The topological polar surface area (TPSA) is 70.2 Å². The number of rotatable bonds is 5. The van der Waals surface area contributed by atoms with Crippen LogP contribution in [-0.2, 0) is 0 Å². The number of nitrogens with one attached hydrogen (secondary N) is 2. The zero-order chi connectivity index (χ0) is 20.2. The van der Waals surface area contributed by atoms with Crippen molar-refractivity contribution in [3.63, 3.8) is 0 Å². The van der Waals surface area contributed by atoms with Crippen molar-refractivity contribution in [1.29, 1.82) is 0 Å². The van der Waals surface area contributed by atoms with E-state index >= 15 is 0 Å². The van der Waals surface area contributed by atoms with Gasteiger partial charge in [0.25, 0.3) is 5.91 Å². The molecule has 1 aromatic heterocycles. The zero-order valence-electron chi connectivity index (χ0n) is 16.2. The molecule has 29 heavy (non-hydrogen) atoms. The fourth-order valence-electron chi connectivity index (χ4n) is 3.60. The average molecular weight is 394 g/mol. The molecule has 1 aliphatic heterocycles. The lowest BCUT2D eigenvalue weighted by Gasteiger charge is -2.33. The summed E-state index contributed by atoms with van der Waals surface area (Å²) in [6.45, 7) is 1.49. The maximum absolute atomic E-state index is 13.9. The number of hydrogen-bond donors (Lipinski definition) is 2. The Labute approximate surface area is 168 Å². The van der Waals surface area contributed by atoms with Crippen LogP contribution in [0, 0.1) is 5.82 Å². The predicted molar refractivity (Wildman–Crippen MR) is 110 cm³/mol. The lowest BCUT2D eigenvalue weighted by molar-refractivity contribution is 0.0929. The maximum atomic E-state index is 13.9. The van der Waals surface area contributed by atoms with Gasteiger partial charge in [0.05, 0.1) is 18.4 Å². The first-order chi connectivity index (χ1) is 14.1. The molecule has 0 radical (unpaired) electrons. The standard InChI is InChI=1S/C22H23FN4O2/c1-29-17-10-8-15(9-11-17)20-13-21(26-25-20)27-12-4-5-16(14-27)24-22(28)18-6-2-3-7-19(18)23/h2-3,6-11,13,16H,4-5,12,14H2,1H3,(H,24,28)(H,25,26)/t16-/m1/s1. The van der Waals surface area contributed by atoms with Crippen molar-refractivity contribution in [2.75, 3.05) is 25.1 Å². The van der Waals surface area contributed by atoms with Gasteiger partial charge in [-0.1, -0.05) is 12.1 Å². The van der Waals surface area contributed by atoms with Crippen molar-refractivity contribution >= 4 is 11.7 Å². The summed E-state index contributed by atoms with van der Waals surface area (Å²) < 4.78 is 19.1. The summed E-state index contributed by atoms with van der Waals surface area (Å²) in [5.41, 5.74) is 2.01. The minimum Gasteiger partial charge on any atom is -0.497 e. The quantitative estimate of drug-likeness (QED) is 0.693. The van der Waals surface area contributed by atoms with Crippen LogP contribution in [0.25, 0.3) is 11.3 Å². The van der Waals surface area contributed by atoms with E-state index in [9.17, 15) is 9.18 Å². The second-order valence-electron chi connectivity index (χ2n) is 7.11. The molecule has 6 nitrogen and oxygen atoms in total. The molecule has 0 unspecified atom stereocenters. The molecule has 2 N–H and O–H groups in total. The third kappa shape index (κ3) is 4.23. The van der Waals surface area contributed by atoms with Crippen molar-refractivity contribution in [2.45, 2.75) is 18.9 Å². The van der Waals surface area contributed by atoms with E-state index in [1.54, 1.807) is 19.2 Å². The zero-order valence-corrected chi connectivity index (χ0v) is 16.2. The highest BCUT2D eigenvalue weighted by Gasteiger charge is 2.24.